The quantitative estimate of drug-likeness (QED) is 0.562. The molecule has 2 saturated heterocycles. The number of ether oxygens (including phenoxy) is 1. The lowest BCUT2D eigenvalue weighted by Gasteiger charge is -2.36. The number of benzene rings is 2. The molecule has 2 amide bonds. The first-order valence-electron chi connectivity index (χ1n) is 11.3. The molecule has 2 aliphatic rings. The predicted molar refractivity (Wildman–Crippen MR) is 131 cm³/mol. The van der Waals surface area contributed by atoms with Crippen LogP contribution in [0.1, 0.15) is 6.42 Å². The summed E-state index contributed by atoms with van der Waals surface area (Å²) in [6, 6.07) is 15.0. The molecule has 0 saturated carbocycles. The van der Waals surface area contributed by atoms with E-state index in [0.29, 0.717) is 43.5 Å². The lowest BCUT2D eigenvalue weighted by molar-refractivity contribution is -0.136. The van der Waals surface area contributed by atoms with Crippen LogP contribution in [-0.4, -0.2) is 66.1 Å². The summed E-state index contributed by atoms with van der Waals surface area (Å²) in [5.41, 5.74) is 1.71. The fraction of sp³-hybridized carbons (Fsp3) is 0.320. The second-order valence-corrected chi connectivity index (χ2v) is 8.93. The molecular weight excluding hydrogens is 454 g/mol. The Morgan fingerprint density at radius 1 is 1.06 bits per heavy atom. The summed E-state index contributed by atoms with van der Waals surface area (Å²) in [4.78, 5) is 36.2. The smallest absolute Gasteiger partial charge is 0.228 e. The summed E-state index contributed by atoms with van der Waals surface area (Å²) >= 11 is 6.17. The van der Waals surface area contributed by atoms with E-state index in [1.165, 1.54) is 0 Å². The molecule has 2 aliphatic heterocycles. The van der Waals surface area contributed by atoms with Crippen LogP contribution < -0.4 is 14.5 Å². The zero-order valence-electron chi connectivity index (χ0n) is 18.9. The van der Waals surface area contributed by atoms with Crippen LogP contribution in [0, 0.1) is 5.92 Å². The minimum atomic E-state index is -0.335. The molecule has 0 spiro atoms. The fourth-order valence-electron chi connectivity index (χ4n) is 4.64. The molecule has 3 aromatic rings. The molecule has 0 radical (unpaired) electrons. The van der Waals surface area contributed by atoms with Gasteiger partial charge in [-0.05, 0) is 30.3 Å². The summed E-state index contributed by atoms with van der Waals surface area (Å²) < 4.78 is 7.28. The largest absolute Gasteiger partial charge is 0.497 e. The number of hydrogen-bond acceptors (Lipinski definition) is 5. The number of nitrogens with zero attached hydrogens (tertiary/aromatic N) is 5. The standard InChI is InChI=1S/C25H26ClN5O3/c1-34-22-7-3-6-21(16-22)31-17-18(14-23(31)32)24(33)28-10-12-29(13-11-28)25-27-8-9-30(25)20-5-2-4-19(26)15-20/h2-9,15-16,18H,10-14,17H2,1H3. The van der Waals surface area contributed by atoms with Crippen LogP contribution in [0.15, 0.2) is 60.9 Å². The number of imidazole rings is 1. The number of anilines is 2. The molecule has 2 fully saturated rings. The fourth-order valence-corrected chi connectivity index (χ4v) is 4.83. The molecular formula is C25H26ClN5O3. The number of methoxy groups -OCH3 is 1. The van der Waals surface area contributed by atoms with Crippen LogP contribution in [-0.2, 0) is 9.59 Å². The van der Waals surface area contributed by atoms with E-state index in [1.54, 1.807) is 18.2 Å². The number of rotatable bonds is 5. The highest BCUT2D eigenvalue weighted by atomic mass is 35.5. The normalized spacial score (nSPS) is 18.5. The van der Waals surface area contributed by atoms with Crippen molar-refractivity contribution in [3.05, 3.63) is 65.9 Å². The van der Waals surface area contributed by atoms with Gasteiger partial charge in [0.15, 0.2) is 0 Å². The van der Waals surface area contributed by atoms with Gasteiger partial charge >= 0.3 is 0 Å². The van der Waals surface area contributed by atoms with Crippen molar-refractivity contribution < 1.29 is 14.3 Å². The first-order chi connectivity index (χ1) is 16.5. The molecule has 3 heterocycles. The van der Waals surface area contributed by atoms with Gasteiger partial charge in [0.25, 0.3) is 0 Å². The summed E-state index contributed by atoms with van der Waals surface area (Å²) in [6.07, 6.45) is 3.91. The lowest BCUT2D eigenvalue weighted by Crippen LogP contribution is -2.51. The maximum atomic E-state index is 13.2. The molecule has 0 aliphatic carbocycles. The van der Waals surface area contributed by atoms with E-state index in [-0.39, 0.29) is 24.2 Å². The predicted octanol–water partition coefficient (Wildman–Crippen LogP) is 3.24. The van der Waals surface area contributed by atoms with E-state index in [1.807, 2.05) is 64.2 Å². The molecule has 34 heavy (non-hydrogen) atoms. The molecule has 5 rings (SSSR count). The monoisotopic (exact) mass is 479 g/mol. The number of amides is 2. The van der Waals surface area contributed by atoms with Gasteiger partial charge in [-0.3, -0.25) is 14.2 Å². The molecule has 0 N–H and O–H groups in total. The third-order valence-corrected chi connectivity index (χ3v) is 6.66. The van der Waals surface area contributed by atoms with Crippen molar-refractivity contribution in [3.8, 4) is 11.4 Å². The van der Waals surface area contributed by atoms with E-state index in [9.17, 15) is 9.59 Å². The zero-order valence-corrected chi connectivity index (χ0v) is 19.7. The van der Waals surface area contributed by atoms with Crippen LogP contribution in [0.25, 0.3) is 5.69 Å². The molecule has 8 nitrogen and oxygen atoms in total. The van der Waals surface area contributed by atoms with Crippen molar-refractivity contribution in [1.82, 2.24) is 14.5 Å². The van der Waals surface area contributed by atoms with Gasteiger partial charge < -0.3 is 19.4 Å². The Labute approximate surface area is 203 Å². The third-order valence-electron chi connectivity index (χ3n) is 6.42. The van der Waals surface area contributed by atoms with E-state index in [4.69, 9.17) is 16.3 Å². The van der Waals surface area contributed by atoms with E-state index < -0.39 is 0 Å². The van der Waals surface area contributed by atoms with Crippen LogP contribution in [0.5, 0.6) is 5.75 Å². The number of piperazine rings is 1. The SMILES string of the molecule is COc1cccc(N2CC(C(=O)N3CCN(c4nccn4-c4cccc(Cl)c4)CC3)CC2=O)c1. The van der Waals surface area contributed by atoms with Crippen molar-refractivity contribution in [3.63, 3.8) is 0 Å². The van der Waals surface area contributed by atoms with Crippen LogP contribution in [0.3, 0.4) is 0 Å². The molecule has 1 atom stereocenters. The number of halogens is 1. The Kier molecular flexibility index (Phi) is 6.15. The summed E-state index contributed by atoms with van der Waals surface area (Å²) in [5.74, 6) is 1.19. The van der Waals surface area contributed by atoms with Crippen LogP contribution in [0.2, 0.25) is 5.02 Å². The number of hydrogen-bond donors (Lipinski definition) is 0. The highest BCUT2D eigenvalue weighted by molar-refractivity contribution is 6.30. The van der Waals surface area contributed by atoms with Crippen molar-refractivity contribution >= 4 is 35.1 Å². The Hall–Kier alpha value is -3.52. The Bertz CT molecular complexity index is 1200. The second kappa shape index (κ2) is 9.38. The molecule has 1 unspecified atom stereocenters. The highest BCUT2D eigenvalue weighted by Gasteiger charge is 2.38. The van der Waals surface area contributed by atoms with Gasteiger partial charge in [-0.15, -0.1) is 0 Å². The van der Waals surface area contributed by atoms with Gasteiger partial charge in [-0.1, -0.05) is 23.7 Å². The molecule has 176 valence electrons. The van der Waals surface area contributed by atoms with E-state index in [2.05, 4.69) is 9.88 Å². The first kappa shape index (κ1) is 22.3. The Morgan fingerprint density at radius 3 is 2.59 bits per heavy atom. The van der Waals surface area contributed by atoms with Crippen molar-refractivity contribution in [2.45, 2.75) is 6.42 Å². The topological polar surface area (TPSA) is 70.9 Å². The summed E-state index contributed by atoms with van der Waals surface area (Å²) in [7, 11) is 1.60. The van der Waals surface area contributed by atoms with Crippen molar-refractivity contribution in [2.75, 3.05) is 49.6 Å². The van der Waals surface area contributed by atoms with Crippen LogP contribution >= 0.6 is 11.6 Å². The molecule has 9 heteroatoms. The lowest BCUT2D eigenvalue weighted by atomic mass is 10.1. The van der Waals surface area contributed by atoms with Gasteiger partial charge in [0.05, 0.1) is 13.0 Å². The maximum absolute atomic E-state index is 13.2. The molecule has 1 aromatic heterocycles. The molecule has 2 aromatic carbocycles. The highest BCUT2D eigenvalue weighted by Crippen LogP contribution is 2.29. The number of carbonyl (C=O) groups excluding carboxylic acids is 2. The van der Waals surface area contributed by atoms with Crippen LogP contribution in [0.4, 0.5) is 11.6 Å². The molecule has 0 bridgehead atoms. The van der Waals surface area contributed by atoms with Crippen molar-refractivity contribution in [2.24, 2.45) is 5.92 Å². The van der Waals surface area contributed by atoms with Gasteiger partial charge in [0.2, 0.25) is 17.8 Å². The average Bonchev–Trinajstić information content (AvgIpc) is 3.51. The number of aromatic nitrogens is 2. The Balaban J connectivity index is 1.22. The van der Waals surface area contributed by atoms with Gasteiger partial charge in [-0.2, -0.15) is 0 Å². The summed E-state index contributed by atoms with van der Waals surface area (Å²) in [5, 5.41) is 0.668. The minimum absolute atomic E-state index is 0.0335. The number of carbonyl (C=O) groups is 2. The Morgan fingerprint density at radius 2 is 1.82 bits per heavy atom. The van der Waals surface area contributed by atoms with Gasteiger partial charge in [-0.25, -0.2) is 4.98 Å². The minimum Gasteiger partial charge on any atom is -0.497 e. The maximum Gasteiger partial charge on any atom is 0.228 e. The van der Waals surface area contributed by atoms with Gasteiger partial charge in [0, 0.05) is 74.0 Å². The van der Waals surface area contributed by atoms with Crippen molar-refractivity contribution in [1.29, 1.82) is 0 Å². The average molecular weight is 480 g/mol. The zero-order chi connectivity index (χ0) is 23.7. The third kappa shape index (κ3) is 4.33. The van der Waals surface area contributed by atoms with E-state index in [0.717, 1.165) is 17.3 Å². The van der Waals surface area contributed by atoms with E-state index >= 15 is 0 Å². The second-order valence-electron chi connectivity index (χ2n) is 8.50. The summed E-state index contributed by atoms with van der Waals surface area (Å²) in [6.45, 7) is 2.91. The van der Waals surface area contributed by atoms with Gasteiger partial charge in [0.1, 0.15) is 5.75 Å². The first-order valence-corrected chi connectivity index (χ1v) is 11.7.